The summed E-state index contributed by atoms with van der Waals surface area (Å²) in [4.78, 5) is 14.4. The summed E-state index contributed by atoms with van der Waals surface area (Å²) in [5, 5.41) is 3.07. The van der Waals surface area contributed by atoms with Crippen LogP contribution in [-0.4, -0.2) is 56.2 Å². The van der Waals surface area contributed by atoms with Gasteiger partial charge in [-0.3, -0.25) is 4.79 Å². The number of likely N-dealkylation sites (tertiary alicyclic amines) is 1. The summed E-state index contributed by atoms with van der Waals surface area (Å²) in [6.07, 6.45) is 3.75. The number of nitrogens with two attached hydrogens (primary N) is 1. The van der Waals surface area contributed by atoms with Gasteiger partial charge in [0.1, 0.15) is 6.10 Å². The molecule has 5 nitrogen and oxygen atoms in total. The van der Waals surface area contributed by atoms with Crippen LogP contribution in [0.1, 0.15) is 32.6 Å². The van der Waals surface area contributed by atoms with Gasteiger partial charge in [-0.2, -0.15) is 0 Å². The van der Waals surface area contributed by atoms with Crippen LogP contribution in [-0.2, 0) is 9.53 Å². The first-order chi connectivity index (χ1) is 9.02. The lowest BCUT2D eigenvalue weighted by Gasteiger charge is -2.38. The van der Waals surface area contributed by atoms with Crippen molar-refractivity contribution in [1.29, 1.82) is 0 Å². The van der Waals surface area contributed by atoms with Gasteiger partial charge in [-0.05, 0) is 51.2 Å². The van der Waals surface area contributed by atoms with Gasteiger partial charge in [0.05, 0.1) is 6.10 Å². The van der Waals surface area contributed by atoms with Crippen LogP contribution in [0, 0.1) is 5.41 Å². The zero-order valence-corrected chi connectivity index (χ0v) is 12.2. The highest BCUT2D eigenvalue weighted by Crippen LogP contribution is 2.29. The van der Waals surface area contributed by atoms with Crippen molar-refractivity contribution in [1.82, 2.24) is 10.2 Å². The van der Waals surface area contributed by atoms with Crippen LogP contribution >= 0.6 is 0 Å². The molecule has 110 valence electrons. The summed E-state index contributed by atoms with van der Waals surface area (Å²) in [5.41, 5.74) is 5.79. The number of nitrogens with zero attached hydrogens (tertiary/aromatic N) is 1. The highest BCUT2D eigenvalue weighted by Gasteiger charge is 2.33. The monoisotopic (exact) mass is 269 g/mol. The summed E-state index contributed by atoms with van der Waals surface area (Å²) < 4.78 is 5.62. The van der Waals surface area contributed by atoms with E-state index in [0.29, 0.717) is 6.54 Å². The lowest BCUT2D eigenvalue weighted by molar-refractivity contribution is -0.132. The molecule has 5 heteroatoms. The predicted octanol–water partition coefficient (Wildman–Crippen LogP) is 0.341. The summed E-state index contributed by atoms with van der Waals surface area (Å²) in [5.74, 6) is 0.0381. The van der Waals surface area contributed by atoms with E-state index in [1.54, 1.807) is 0 Å². The maximum absolute atomic E-state index is 12.1. The fourth-order valence-corrected chi connectivity index (χ4v) is 2.82. The van der Waals surface area contributed by atoms with E-state index in [4.69, 9.17) is 10.5 Å². The Bertz CT molecular complexity index is 314. The molecule has 1 amide bonds. The molecule has 2 unspecified atom stereocenters. The molecule has 2 atom stereocenters. The second-order valence-corrected chi connectivity index (χ2v) is 6.39. The maximum atomic E-state index is 12.1. The molecule has 0 aromatic heterocycles. The largest absolute Gasteiger partial charge is 0.364 e. The molecule has 2 rings (SSSR count). The van der Waals surface area contributed by atoms with Gasteiger partial charge < -0.3 is 20.7 Å². The van der Waals surface area contributed by atoms with Crippen LogP contribution in [0.25, 0.3) is 0 Å². The Hall–Kier alpha value is -0.650. The summed E-state index contributed by atoms with van der Waals surface area (Å²) in [6, 6.07) is 0. The number of hydrogen-bond acceptors (Lipinski definition) is 4. The molecule has 0 bridgehead atoms. The van der Waals surface area contributed by atoms with E-state index >= 15 is 0 Å². The highest BCUT2D eigenvalue weighted by atomic mass is 16.5. The van der Waals surface area contributed by atoms with Crippen LogP contribution in [0.5, 0.6) is 0 Å². The lowest BCUT2D eigenvalue weighted by Crippen LogP contribution is -2.45. The Kier molecular flexibility index (Phi) is 4.81. The summed E-state index contributed by atoms with van der Waals surface area (Å²) >= 11 is 0. The molecule has 0 spiro atoms. The number of nitrogens with one attached hydrogen (secondary N) is 1. The Morgan fingerprint density at radius 2 is 2.11 bits per heavy atom. The van der Waals surface area contributed by atoms with Crippen LogP contribution in [0.15, 0.2) is 0 Å². The third-order valence-electron chi connectivity index (χ3n) is 4.55. The Morgan fingerprint density at radius 3 is 2.68 bits per heavy atom. The average Bonchev–Trinajstić information content (AvgIpc) is 2.89. The van der Waals surface area contributed by atoms with Crippen molar-refractivity contribution in [2.45, 2.75) is 44.8 Å². The molecule has 3 N–H and O–H groups in total. The Labute approximate surface area is 115 Å². The molecule has 0 aromatic rings. The number of carbonyl (C=O) groups excluding carboxylic acids is 1. The molecule has 0 saturated carbocycles. The Balaban J connectivity index is 1.74. The zero-order valence-electron chi connectivity index (χ0n) is 12.2. The molecule has 19 heavy (non-hydrogen) atoms. The van der Waals surface area contributed by atoms with Crippen molar-refractivity contribution in [2.75, 3.05) is 33.2 Å². The number of hydrogen-bond donors (Lipinski definition) is 2. The maximum Gasteiger partial charge on any atom is 0.249 e. The van der Waals surface area contributed by atoms with E-state index in [0.717, 1.165) is 45.3 Å². The van der Waals surface area contributed by atoms with Gasteiger partial charge in [0.2, 0.25) is 5.91 Å². The second kappa shape index (κ2) is 6.20. The van der Waals surface area contributed by atoms with Crippen molar-refractivity contribution in [2.24, 2.45) is 11.1 Å². The fraction of sp³-hybridized carbons (Fsp3) is 0.929. The molecular weight excluding hydrogens is 242 g/mol. The number of piperidine rings is 1. The summed E-state index contributed by atoms with van der Waals surface area (Å²) in [6.45, 7) is 5.75. The minimum atomic E-state index is -0.289. The molecule has 0 radical (unpaired) electrons. The van der Waals surface area contributed by atoms with E-state index in [9.17, 15) is 4.79 Å². The normalized spacial score (nSPS) is 31.3. The molecular formula is C14H27N3O2. The smallest absolute Gasteiger partial charge is 0.249 e. The minimum absolute atomic E-state index is 0.0381. The van der Waals surface area contributed by atoms with Gasteiger partial charge in [0.25, 0.3) is 0 Å². The molecule has 2 heterocycles. The third kappa shape index (κ3) is 3.91. The van der Waals surface area contributed by atoms with Crippen molar-refractivity contribution in [3.63, 3.8) is 0 Å². The number of ether oxygens (including phenoxy) is 1. The average molecular weight is 269 g/mol. The third-order valence-corrected chi connectivity index (χ3v) is 4.55. The SMILES string of the molecule is CN1CCC(C)(CNC(=O)C2CCC(CN)O2)CC1. The van der Waals surface area contributed by atoms with Gasteiger partial charge in [0, 0.05) is 13.1 Å². The predicted molar refractivity (Wildman–Crippen MR) is 74.8 cm³/mol. The summed E-state index contributed by atoms with van der Waals surface area (Å²) in [7, 11) is 2.15. The van der Waals surface area contributed by atoms with Crippen LogP contribution < -0.4 is 11.1 Å². The zero-order chi connectivity index (χ0) is 13.9. The second-order valence-electron chi connectivity index (χ2n) is 6.39. The Morgan fingerprint density at radius 1 is 1.42 bits per heavy atom. The highest BCUT2D eigenvalue weighted by molar-refractivity contribution is 5.81. The van der Waals surface area contributed by atoms with E-state index in [-0.39, 0.29) is 23.5 Å². The topological polar surface area (TPSA) is 67.6 Å². The fourth-order valence-electron chi connectivity index (χ4n) is 2.82. The van der Waals surface area contributed by atoms with Crippen LogP contribution in [0.4, 0.5) is 0 Å². The molecule has 0 aliphatic carbocycles. The van der Waals surface area contributed by atoms with Gasteiger partial charge in [-0.1, -0.05) is 6.92 Å². The van der Waals surface area contributed by atoms with Crippen molar-refractivity contribution < 1.29 is 9.53 Å². The van der Waals surface area contributed by atoms with Gasteiger partial charge >= 0.3 is 0 Å². The number of rotatable bonds is 4. The van der Waals surface area contributed by atoms with Gasteiger partial charge in [0.15, 0.2) is 0 Å². The van der Waals surface area contributed by atoms with Crippen LogP contribution in [0.3, 0.4) is 0 Å². The first-order valence-electron chi connectivity index (χ1n) is 7.34. The quantitative estimate of drug-likeness (QED) is 0.772. The van der Waals surface area contributed by atoms with Crippen molar-refractivity contribution in [3.05, 3.63) is 0 Å². The molecule has 0 aromatic carbocycles. The number of amides is 1. The van der Waals surface area contributed by atoms with Gasteiger partial charge in [-0.15, -0.1) is 0 Å². The standard InChI is InChI=1S/C14H27N3O2/c1-14(5-7-17(2)8-6-14)10-16-13(18)12-4-3-11(9-15)19-12/h11-12H,3-10,15H2,1-2H3,(H,16,18). The van der Waals surface area contributed by atoms with Crippen LogP contribution in [0.2, 0.25) is 0 Å². The molecule has 2 fully saturated rings. The molecule has 2 aliphatic rings. The lowest BCUT2D eigenvalue weighted by atomic mass is 9.80. The van der Waals surface area contributed by atoms with Crippen molar-refractivity contribution in [3.8, 4) is 0 Å². The molecule has 2 saturated heterocycles. The first kappa shape index (κ1) is 14.8. The first-order valence-corrected chi connectivity index (χ1v) is 7.34. The molecule has 2 aliphatic heterocycles. The van der Waals surface area contributed by atoms with E-state index in [1.807, 2.05) is 0 Å². The number of carbonyl (C=O) groups is 1. The van der Waals surface area contributed by atoms with Crippen molar-refractivity contribution >= 4 is 5.91 Å². The minimum Gasteiger partial charge on any atom is -0.364 e. The van der Waals surface area contributed by atoms with E-state index < -0.39 is 0 Å². The van der Waals surface area contributed by atoms with E-state index in [2.05, 4.69) is 24.2 Å². The van der Waals surface area contributed by atoms with E-state index in [1.165, 1.54) is 0 Å². The van der Waals surface area contributed by atoms with Gasteiger partial charge in [-0.25, -0.2) is 0 Å².